The number of carbonyl (C=O) groups excluding carboxylic acids is 1. The van der Waals surface area contributed by atoms with Gasteiger partial charge in [-0.15, -0.1) is 6.58 Å². The minimum Gasteiger partial charge on any atom is -0.497 e. The average molecular weight is 379 g/mol. The highest BCUT2D eigenvalue weighted by molar-refractivity contribution is 5.68. The Kier molecular flexibility index (Phi) is 3.70. The first kappa shape index (κ1) is 18.0. The second-order valence-corrected chi connectivity index (χ2v) is 9.49. The quantitative estimate of drug-likeness (QED) is 0.535. The normalized spacial score (nSPS) is 42.3. The molecule has 0 radical (unpaired) electrons. The average Bonchev–Trinajstić information content (AvgIpc) is 3.06. The third kappa shape index (κ3) is 1.93. The van der Waals surface area contributed by atoms with Crippen molar-refractivity contribution in [2.45, 2.75) is 57.5 Å². The summed E-state index contributed by atoms with van der Waals surface area (Å²) < 4.78 is 11.6. The highest BCUT2D eigenvalue weighted by Crippen LogP contribution is 2.77. The number of hydrogen-bond donors (Lipinski definition) is 0. The maximum atomic E-state index is 12.1. The smallest absolute Gasteiger partial charge is 0.303 e. The number of allylic oxidation sites excluding steroid dienone is 1. The molecule has 2 saturated carbocycles. The molecule has 0 saturated heterocycles. The highest BCUT2D eigenvalue weighted by atomic mass is 16.6. The lowest BCUT2D eigenvalue weighted by molar-refractivity contribution is -0.171. The first-order chi connectivity index (χ1) is 13.4. The zero-order valence-electron chi connectivity index (χ0n) is 17.2. The van der Waals surface area contributed by atoms with Crippen molar-refractivity contribution in [3.05, 3.63) is 54.1 Å². The van der Waals surface area contributed by atoms with Gasteiger partial charge in [0.25, 0.3) is 0 Å². The molecule has 3 heteroatoms. The van der Waals surface area contributed by atoms with Crippen LogP contribution in [0.5, 0.6) is 5.75 Å². The Bertz CT molecular complexity index is 886. The van der Waals surface area contributed by atoms with Crippen LogP contribution in [0.2, 0.25) is 0 Å². The van der Waals surface area contributed by atoms with Gasteiger partial charge in [0, 0.05) is 23.7 Å². The van der Waals surface area contributed by atoms with E-state index in [0.717, 1.165) is 31.4 Å². The van der Waals surface area contributed by atoms with Crippen LogP contribution in [0, 0.1) is 22.7 Å². The van der Waals surface area contributed by atoms with E-state index in [2.05, 4.69) is 43.9 Å². The Hall–Kier alpha value is -2.03. The molecular formula is C25H30O3. The van der Waals surface area contributed by atoms with Crippen LogP contribution in [0.4, 0.5) is 0 Å². The van der Waals surface area contributed by atoms with E-state index in [1.165, 1.54) is 17.5 Å². The third-order valence-electron chi connectivity index (χ3n) is 8.80. The summed E-state index contributed by atoms with van der Waals surface area (Å²) in [5.41, 5.74) is 2.48. The molecule has 0 unspecified atom stereocenters. The number of rotatable bonds is 3. The largest absolute Gasteiger partial charge is 0.497 e. The van der Waals surface area contributed by atoms with Crippen molar-refractivity contribution in [3.63, 3.8) is 0 Å². The topological polar surface area (TPSA) is 35.5 Å². The summed E-state index contributed by atoms with van der Waals surface area (Å²) in [5, 5.41) is 0. The van der Waals surface area contributed by atoms with Gasteiger partial charge in [0.2, 0.25) is 0 Å². The van der Waals surface area contributed by atoms with E-state index in [1.807, 2.05) is 6.08 Å². The molecule has 1 aromatic carbocycles. The molecule has 1 aromatic rings. The number of esters is 1. The van der Waals surface area contributed by atoms with Crippen LogP contribution in [-0.2, 0) is 16.0 Å². The van der Waals surface area contributed by atoms with Crippen molar-refractivity contribution in [1.29, 1.82) is 0 Å². The van der Waals surface area contributed by atoms with Crippen molar-refractivity contribution in [2.75, 3.05) is 7.11 Å². The molecule has 2 bridgehead atoms. The fraction of sp³-hybridized carbons (Fsp3) is 0.560. The molecule has 0 aromatic heterocycles. The molecule has 0 amide bonds. The molecular weight excluding hydrogens is 348 g/mol. The zero-order chi connectivity index (χ0) is 19.7. The molecule has 0 N–H and O–H groups in total. The second kappa shape index (κ2) is 5.75. The number of fused-ring (bicyclic) bond motifs is 3. The van der Waals surface area contributed by atoms with Crippen LogP contribution in [0.3, 0.4) is 0 Å². The van der Waals surface area contributed by atoms with Crippen LogP contribution in [-0.4, -0.2) is 18.7 Å². The van der Waals surface area contributed by atoms with Gasteiger partial charge in [0.05, 0.1) is 7.11 Å². The van der Waals surface area contributed by atoms with Gasteiger partial charge in [-0.3, -0.25) is 4.79 Å². The predicted octanol–water partition coefficient (Wildman–Crippen LogP) is 5.21. The van der Waals surface area contributed by atoms with Gasteiger partial charge in [-0.2, -0.15) is 0 Å². The van der Waals surface area contributed by atoms with Crippen LogP contribution < -0.4 is 4.74 Å². The van der Waals surface area contributed by atoms with Gasteiger partial charge >= 0.3 is 5.97 Å². The first-order valence-electron chi connectivity index (χ1n) is 10.6. The molecule has 0 aliphatic heterocycles. The lowest BCUT2D eigenvalue weighted by atomic mass is 9.48. The Morgan fingerprint density at radius 2 is 2.11 bits per heavy atom. The van der Waals surface area contributed by atoms with E-state index >= 15 is 0 Å². The Morgan fingerprint density at radius 3 is 2.82 bits per heavy atom. The van der Waals surface area contributed by atoms with Crippen molar-refractivity contribution >= 4 is 5.97 Å². The molecule has 28 heavy (non-hydrogen) atoms. The molecule has 5 rings (SSSR count). The lowest BCUT2D eigenvalue weighted by Gasteiger charge is -2.56. The van der Waals surface area contributed by atoms with Crippen LogP contribution in [0.25, 0.3) is 0 Å². The molecule has 6 atom stereocenters. The number of methoxy groups -OCH3 is 1. The number of ether oxygens (including phenoxy) is 2. The number of hydrogen-bond acceptors (Lipinski definition) is 3. The van der Waals surface area contributed by atoms with E-state index in [4.69, 9.17) is 9.47 Å². The van der Waals surface area contributed by atoms with Crippen molar-refractivity contribution < 1.29 is 14.3 Å². The van der Waals surface area contributed by atoms with Crippen molar-refractivity contribution in [2.24, 2.45) is 22.7 Å². The number of benzene rings is 1. The summed E-state index contributed by atoms with van der Waals surface area (Å²) in [4.78, 5) is 12.1. The third-order valence-corrected chi connectivity index (χ3v) is 8.80. The zero-order valence-corrected chi connectivity index (χ0v) is 17.2. The summed E-state index contributed by atoms with van der Waals surface area (Å²) in [5.74, 6) is 2.13. The summed E-state index contributed by atoms with van der Waals surface area (Å²) in [6, 6.07) is 6.63. The van der Waals surface area contributed by atoms with Crippen LogP contribution >= 0.6 is 0 Å². The molecule has 0 spiro atoms. The van der Waals surface area contributed by atoms with Crippen molar-refractivity contribution in [3.8, 4) is 5.75 Å². The fourth-order valence-electron chi connectivity index (χ4n) is 7.61. The molecule has 148 valence electrons. The predicted molar refractivity (Wildman–Crippen MR) is 109 cm³/mol. The monoisotopic (exact) mass is 378 g/mol. The lowest BCUT2D eigenvalue weighted by Crippen LogP contribution is -2.54. The van der Waals surface area contributed by atoms with E-state index in [1.54, 1.807) is 14.0 Å². The Morgan fingerprint density at radius 1 is 1.29 bits per heavy atom. The Balaban J connectivity index is 1.60. The Labute approximate surface area is 167 Å². The standard InChI is InChI=1S/C25H30O3/c1-5-18-15-24-12-13-25(18,28-16(2)26)23(24,3)11-10-21-20-8-7-19(27-4)14-17(20)6-9-22(21)24/h5,7-8,12-14,18,21-22H,1,6,9-11,15H2,2-4H3/t18-,21-,22-,23+,24+,25-/m1/s1. The minimum atomic E-state index is -0.522. The second-order valence-electron chi connectivity index (χ2n) is 9.49. The maximum Gasteiger partial charge on any atom is 0.303 e. The van der Waals surface area contributed by atoms with Crippen LogP contribution in [0.15, 0.2) is 43.0 Å². The van der Waals surface area contributed by atoms with Gasteiger partial charge in [-0.25, -0.2) is 0 Å². The molecule has 0 heterocycles. The summed E-state index contributed by atoms with van der Waals surface area (Å²) in [7, 11) is 1.74. The minimum absolute atomic E-state index is 0.0460. The summed E-state index contributed by atoms with van der Waals surface area (Å²) >= 11 is 0. The van der Waals surface area contributed by atoms with E-state index < -0.39 is 5.60 Å². The number of carbonyl (C=O) groups is 1. The maximum absolute atomic E-state index is 12.1. The molecule has 4 aliphatic rings. The van der Waals surface area contributed by atoms with Crippen LogP contribution in [0.1, 0.15) is 56.6 Å². The van der Waals surface area contributed by atoms with E-state index in [-0.39, 0.29) is 22.7 Å². The molecule has 4 aliphatic carbocycles. The summed E-state index contributed by atoms with van der Waals surface area (Å²) in [6.07, 6.45) is 12.2. The summed E-state index contributed by atoms with van der Waals surface area (Å²) in [6.45, 7) is 8.04. The van der Waals surface area contributed by atoms with Gasteiger partial charge in [-0.05, 0) is 73.3 Å². The first-order valence-corrected chi connectivity index (χ1v) is 10.6. The molecule has 3 nitrogen and oxygen atoms in total. The SMILES string of the molecule is C=C[C@@H]1C[C@]23C=C[C@]1(OC(C)=O)[C@@]2(C)CC[C@@H]1c2ccc(OC)cc2CC[C@H]13. The van der Waals surface area contributed by atoms with E-state index in [0.29, 0.717) is 11.8 Å². The van der Waals surface area contributed by atoms with Gasteiger partial charge in [-0.1, -0.05) is 25.1 Å². The van der Waals surface area contributed by atoms with Gasteiger partial charge in [0.15, 0.2) is 0 Å². The van der Waals surface area contributed by atoms with Gasteiger partial charge < -0.3 is 9.47 Å². The highest BCUT2D eigenvalue weighted by Gasteiger charge is 2.75. The van der Waals surface area contributed by atoms with Crippen molar-refractivity contribution in [1.82, 2.24) is 0 Å². The fourth-order valence-corrected chi connectivity index (χ4v) is 7.61. The molecule has 2 fully saturated rings. The number of aryl methyl sites for hydroxylation is 1. The van der Waals surface area contributed by atoms with Gasteiger partial charge in [0.1, 0.15) is 11.4 Å². The van der Waals surface area contributed by atoms with E-state index in [9.17, 15) is 4.79 Å².